The Labute approximate surface area is 147 Å². The molecular weight excluding hydrogens is 322 g/mol. The third-order valence-electron chi connectivity index (χ3n) is 4.66. The Bertz CT molecular complexity index is 643. The quantitative estimate of drug-likeness (QED) is 0.729. The summed E-state index contributed by atoms with van der Waals surface area (Å²) in [5, 5.41) is 2.77. The van der Waals surface area contributed by atoms with Crippen molar-refractivity contribution in [1.29, 1.82) is 0 Å². The van der Waals surface area contributed by atoms with Gasteiger partial charge in [0, 0.05) is 12.5 Å². The highest BCUT2D eigenvalue weighted by Crippen LogP contribution is 2.38. The second kappa shape index (κ2) is 7.84. The number of amides is 2. The van der Waals surface area contributed by atoms with Gasteiger partial charge >= 0.3 is 0 Å². The molecule has 1 fully saturated rings. The van der Waals surface area contributed by atoms with Crippen molar-refractivity contribution in [2.24, 2.45) is 0 Å². The number of fused-ring (bicyclic) bond motifs is 1. The van der Waals surface area contributed by atoms with E-state index in [1.807, 2.05) is 25.1 Å². The molecule has 3 rings (SSSR count). The van der Waals surface area contributed by atoms with E-state index in [0.717, 1.165) is 44.1 Å². The average molecular weight is 348 g/mol. The molecule has 1 saturated heterocycles. The number of rotatable bonds is 6. The molecule has 7 nitrogen and oxygen atoms in total. The van der Waals surface area contributed by atoms with E-state index in [4.69, 9.17) is 9.47 Å². The summed E-state index contributed by atoms with van der Waals surface area (Å²) in [4.78, 5) is 27.6. The molecule has 2 heterocycles. The van der Waals surface area contributed by atoms with Gasteiger partial charge in [0.05, 0.1) is 38.6 Å². The lowest BCUT2D eigenvalue weighted by atomic mass is 10.1. The number of nitrogens with zero attached hydrogens (tertiary/aromatic N) is 1. The van der Waals surface area contributed by atoms with Crippen molar-refractivity contribution in [3.05, 3.63) is 23.8 Å². The highest BCUT2D eigenvalue weighted by Gasteiger charge is 2.38. The SMILES string of the molecule is CCOc1ccc2c(c1)[C@@H](NC(C)=O)C(=O)N2CC[NH+]1CCOCC1. The van der Waals surface area contributed by atoms with E-state index in [-0.39, 0.29) is 11.8 Å². The van der Waals surface area contributed by atoms with Crippen molar-refractivity contribution < 1.29 is 24.0 Å². The number of carbonyl (C=O) groups is 2. The first-order chi connectivity index (χ1) is 12.1. The molecule has 0 aromatic heterocycles. The normalized spacial score (nSPS) is 20.5. The van der Waals surface area contributed by atoms with Crippen LogP contribution in [0.2, 0.25) is 0 Å². The summed E-state index contributed by atoms with van der Waals surface area (Å²) in [6, 6.07) is 5.01. The third kappa shape index (κ3) is 3.93. The number of carbonyl (C=O) groups excluding carboxylic acids is 2. The molecule has 25 heavy (non-hydrogen) atoms. The summed E-state index contributed by atoms with van der Waals surface area (Å²) in [6.45, 7) is 8.88. The highest BCUT2D eigenvalue weighted by atomic mass is 16.5. The first-order valence-electron chi connectivity index (χ1n) is 8.86. The molecule has 0 spiro atoms. The number of benzene rings is 1. The van der Waals surface area contributed by atoms with Gasteiger partial charge in [-0.15, -0.1) is 0 Å². The molecule has 2 aliphatic rings. The van der Waals surface area contributed by atoms with Crippen molar-refractivity contribution in [1.82, 2.24) is 5.32 Å². The van der Waals surface area contributed by atoms with Crippen LogP contribution in [0.3, 0.4) is 0 Å². The minimum atomic E-state index is -0.632. The number of quaternary nitrogens is 1. The molecule has 1 atom stereocenters. The Balaban J connectivity index is 1.79. The molecule has 1 aromatic rings. The first-order valence-corrected chi connectivity index (χ1v) is 8.86. The molecule has 1 aromatic carbocycles. The van der Waals surface area contributed by atoms with Crippen LogP contribution < -0.4 is 19.9 Å². The Morgan fingerprint density at radius 2 is 2.16 bits per heavy atom. The van der Waals surface area contributed by atoms with Crippen LogP contribution in [-0.4, -0.2) is 57.8 Å². The van der Waals surface area contributed by atoms with Gasteiger partial charge < -0.3 is 24.6 Å². The maximum absolute atomic E-state index is 12.9. The van der Waals surface area contributed by atoms with E-state index in [1.54, 1.807) is 4.90 Å². The van der Waals surface area contributed by atoms with Crippen molar-refractivity contribution in [3.63, 3.8) is 0 Å². The second-order valence-electron chi connectivity index (χ2n) is 6.39. The zero-order chi connectivity index (χ0) is 17.8. The van der Waals surface area contributed by atoms with E-state index in [1.165, 1.54) is 11.8 Å². The van der Waals surface area contributed by atoms with Crippen LogP contribution >= 0.6 is 0 Å². The van der Waals surface area contributed by atoms with Crippen molar-refractivity contribution in [2.75, 3.05) is 50.9 Å². The molecule has 2 aliphatic heterocycles. The number of anilines is 1. The maximum atomic E-state index is 12.9. The lowest BCUT2D eigenvalue weighted by Gasteiger charge is -2.26. The predicted molar refractivity (Wildman–Crippen MR) is 92.9 cm³/mol. The van der Waals surface area contributed by atoms with Gasteiger partial charge in [-0.25, -0.2) is 0 Å². The van der Waals surface area contributed by atoms with Crippen LogP contribution in [0.5, 0.6) is 5.75 Å². The van der Waals surface area contributed by atoms with E-state index >= 15 is 0 Å². The van der Waals surface area contributed by atoms with Gasteiger partial charge in [-0.05, 0) is 25.1 Å². The monoisotopic (exact) mass is 348 g/mol. The first kappa shape index (κ1) is 17.7. The molecule has 0 aliphatic carbocycles. The summed E-state index contributed by atoms with van der Waals surface area (Å²) in [6.07, 6.45) is 0. The Hall–Kier alpha value is -2.12. The average Bonchev–Trinajstić information content (AvgIpc) is 2.85. The molecule has 0 saturated carbocycles. The highest BCUT2D eigenvalue weighted by molar-refractivity contribution is 6.06. The van der Waals surface area contributed by atoms with E-state index in [0.29, 0.717) is 18.9 Å². The summed E-state index contributed by atoms with van der Waals surface area (Å²) < 4.78 is 10.9. The molecule has 0 bridgehead atoms. The number of ether oxygens (including phenoxy) is 2. The smallest absolute Gasteiger partial charge is 0.254 e. The predicted octanol–water partition coefficient (Wildman–Crippen LogP) is -0.476. The zero-order valence-corrected chi connectivity index (χ0v) is 14.8. The molecule has 7 heteroatoms. The standard InChI is InChI=1S/C18H25N3O4/c1-3-25-14-4-5-16-15(12-14)17(19-13(2)22)18(23)21(16)7-6-20-8-10-24-11-9-20/h4-5,12,17H,3,6-11H2,1-2H3,(H,19,22)/p+1/t17-/m1/s1. The lowest BCUT2D eigenvalue weighted by Crippen LogP contribution is -3.14. The summed E-state index contributed by atoms with van der Waals surface area (Å²) in [7, 11) is 0. The Morgan fingerprint density at radius 3 is 2.84 bits per heavy atom. The van der Waals surface area contributed by atoms with E-state index < -0.39 is 6.04 Å². The largest absolute Gasteiger partial charge is 0.494 e. The topological polar surface area (TPSA) is 72.3 Å². The number of hydrogen-bond acceptors (Lipinski definition) is 4. The summed E-state index contributed by atoms with van der Waals surface area (Å²) >= 11 is 0. The fraction of sp³-hybridized carbons (Fsp3) is 0.556. The number of morpholine rings is 1. The molecule has 2 N–H and O–H groups in total. The summed E-state index contributed by atoms with van der Waals surface area (Å²) in [5.74, 6) is 0.420. The van der Waals surface area contributed by atoms with E-state index in [9.17, 15) is 9.59 Å². The third-order valence-corrected chi connectivity index (χ3v) is 4.66. The molecule has 0 radical (unpaired) electrons. The van der Waals surface area contributed by atoms with Gasteiger partial charge in [-0.3, -0.25) is 9.59 Å². The van der Waals surface area contributed by atoms with Crippen LogP contribution in [0.4, 0.5) is 5.69 Å². The van der Waals surface area contributed by atoms with Gasteiger partial charge in [0.1, 0.15) is 24.9 Å². The van der Waals surface area contributed by atoms with Crippen molar-refractivity contribution in [2.45, 2.75) is 19.9 Å². The number of nitrogens with one attached hydrogen (secondary N) is 2. The van der Waals surface area contributed by atoms with Gasteiger partial charge in [0.25, 0.3) is 5.91 Å². The van der Waals surface area contributed by atoms with Crippen LogP contribution in [0.15, 0.2) is 18.2 Å². The van der Waals surface area contributed by atoms with Gasteiger partial charge in [0.15, 0.2) is 0 Å². The van der Waals surface area contributed by atoms with Crippen molar-refractivity contribution >= 4 is 17.5 Å². The fourth-order valence-corrected chi connectivity index (χ4v) is 3.43. The van der Waals surface area contributed by atoms with Gasteiger partial charge in [0.2, 0.25) is 5.91 Å². The molecular formula is C18H26N3O4+. The molecule has 2 amide bonds. The van der Waals surface area contributed by atoms with E-state index in [2.05, 4.69) is 5.32 Å². The zero-order valence-electron chi connectivity index (χ0n) is 14.8. The van der Waals surface area contributed by atoms with Crippen LogP contribution in [0.1, 0.15) is 25.5 Å². The number of hydrogen-bond donors (Lipinski definition) is 2. The Morgan fingerprint density at radius 1 is 1.40 bits per heavy atom. The molecule has 0 unspecified atom stereocenters. The fourth-order valence-electron chi connectivity index (χ4n) is 3.43. The van der Waals surface area contributed by atoms with Gasteiger partial charge in [-0.1, -0.05) is 0 Å². The summed E-state index contributed by atoms with van der Waals surface area (Å²) in [5.41, 5.74) is 1.67. The minimum Gasteiger partial charge on any atom is -0.494 e. The van der Waals surface area contributed by atoms with Crippen molar-refractivity contribution in [3.8, 4) is 5.75 Å². The van der Waals surface area contributed by atoms with Crippen LogP contribution in [0.25, 0.3) is 0 Å². The van der Waals surface area contributed by atoms with Gasteiger partial charge in [-0.2, -0.15) is 0 Å². The maximum Gasteiger partial charge on any atom is 0.254 e. The Kier molecular flexibility index (Phi) is 5.55. The van der Waals surface area contributed by atoms with Crippen LogP contribution in [-0.2, 0) is 14.3 Å². The van der Waals surface area contributed by atoms with Crippen LogP contribution in [0, 0.1) is 0 Å². The molecule has 136 valence electrons. The lowest BCUT2D eigenvalue weighted by molar-refractivity contribution is -0.906. The minimum absolute atomic E-state index is 0.0773. The second-order valence-corrected chi connectivity index (χ2v) is 6.39.